The Morgan fingerprint density at radius 1 is 0.875 bits per heavy atom. The number of rotatable bonds is 4. The Kier molecular flexibility index (Phi) is 5.89. The minimum atomic E-state index is -1.16. The average molecular weight is 338 g/mol. The van der Waals surface area contributed by atoms with Gasteiger partial charge in [-0.3, -0.25) is 0 Å². The molecule has 2 saturated carbocycles. The summed E-state index contributed by atoms with van der Waals surface area (Å²) < 4.78 is 42.6. The summed E-state index contributed by atoms with van der Waals surface area (Å²) in [5.41, 5.74) is 0.599. The van der Waals surface area contributed by atoms with E-state index in [2.05, 4.69) is 6.92 Å². The molecular weight excluding hydrogens is 309 g/mol. The largest absolute Gasteiger partial charge is 0.247 e. The van der Waals surface area contributed by atoms with Crippen molar-refractivity contribution in [3.05, 3.63) is 35.6 Å². The van der Waals surface area contributed by atoms with Crippen LogP contribution in [0.2, 0.25) is 0 Å². The maximum absolute atomic E-state index is 14.8. The van der Waals surface area contributed by atoms with E-state index in [1.807, 2.05) is 0 Å². The second kappa shape index (κ2) is 7.93. The summed E-state index contributed by atoms with van der Waals surface area (Å²) in [5, 5.41) is 0. The molecule has 0 spiro atoms. The number of hydrogen-bond donors (Lipinski definition) is 0. The maximum atomic E-state index is 14.8. The van der Waals surface area contributed by atoms with Gasteiger partial charge in [0.05, 0.1) is 0 Å². The number of hydrogen-bond acceptors (Lipinski definition) is 0. The fourth-order valence-corrected chi connectivity index (χ4v) is 5.04. The van der Waals surface area contributed by atoms with Crippen LogP contribution in [0.5, 0.6) is 0 Å². The molecule has 3 rings (SSSR count). The summed E-state index contributed by atoms with van der Waals surface area (Å²) in [7, 11) is 0. The van der Waals surface area contributed by atoms with Gasteiger partial charge in [0.15, 0.2) is 0 Å². The molecule has 0 radical (unpaired) electrons. The fraction of sp³-hybridized carbons (Fsp3) is 0.714. The zero-order valence-corrected chi connectivity index (χ0v) is 14.6. The Bertz CT molecular complexity index is 492. The predicted molar refractivity (Wildman–Crippen MR) is 92.0 cm³/mol. The molecule has 0 heterocycles. The molecule has 0 saturated heterocycles. The van der Waals surface area contributed by atoms with Gasteiger partial charge in [0.2, 0.25) is 0 Å². The van der Waals surface area contributed by atoms with Crippen LogP contribution in [-0.2, 0) is 0 Å². The lowest BCUT2D eigenvalue weighted by atomic mass is 9.66. The van der Waals surface area contributed by atoms with E-state index in [-0.39, 0.29) is 11.7 Å². The van der Waals surface area contributed by atoms with Crippen LogP contribution in [0, 0.1) is 23.6 Å². The molecular formula is C21H29F3. The summed E-state index contributed by atoms with van der Waals surface area (Å²) in [4.78, 5) is 0. The highest BCUT2D eigenvalue weighted by atomic mass is 19.1. The number of alkyl halides is 2. The van der Waals surface area contributed by atoms with E-state index >= 15 is 0 Å². The van der Waals surface area contributed by atoms with Crippen LogP contribution in [-0.4, -0.2) is 12.3 Å². The summed E-state index contributed by atoms with van der Waals surface area (Å²) in [5.74, 6) is 0.405. The van der Waals surface area contributed by atoms with Crippen LogP contribution in [0.15, 0.2) is 24.3 Å². The smallest absolute Gasteiger partial charge is 0.123 e. The molecule has 0 amide bonds. The van der Waals surface area contributed by atoms with Gasteiger partial charge in [-0.2, -0.15) is 0 Å². The van der Waals surface area contributed by atoms with E-state index < -0.39 is 18.3 Å². The van der Waals surface area contributed by atoms with E-state index in [9.17, 15) is 13.2 Å². The Morgan fingerprint density at radius 2 is 1.46 bits per heavy atom. The zero-order valence-electron chi connectivity index (χ0n) is 14.6. The first kappa shape index (κ1) is 17.8. The molecule has 134 valence electrons. The number of benzene rings is 1. The molecule has 0 aliphatic heterocycles. The van der Waals surface area contributed by atoms with Crippen LogP contribution in [0.25, 0.3) is 0 Å². The third kappa shape index (κ3) is 3.97. The third-order valence-electron chi connectivity index (χ3n) is 6.35. The van der Waals surface area contributed by atoms with Crippen molar-refractivity contribution < 1.29 is 13.2 Å². The topological polar surface area (TPSA) is 0 Å². The molecule has 0 N–H and O–H groups in total. The molecule has 1 aromatic carbocycles. The summed E-state index contributed by atoms with van der Waals surface area (Å²) in [6, 6.07) is 5.68. The molecule has 0 nitrogen and oxygen atoms in total. The van der Waals surface area contributed by atoms with Crippen molar-refractivity contribution in [2.24, 2.45) is 17.8 Å². The van der Waals surface area contributed by atoms with Crippen molar-refractivity contribution in [1.29, 1.82) is 0 Å². The molecule has 2 fully saturated rings. The minimum absolute atomic E-state index is 0.175. The second-order valence-electron chi connectivity index (χ2n) is 7.91. The quantitative estimate of drug-likeness (QED) is 0.580. The standard InChI is InChI=1S/C21H29F3/c1-2-3-14-4-6-15(7-5-14)17-12-19(23)21(20(24)13-17)16-8-10-18(22)11-9-16/h8-11,14-15,17,19-21H,2-7,12-13H2,1H3. The van der Waals surface area contributed by atoms with Crippen molar-refractivity contribution in [2.75, 3.05) is 0 Å². The molecule has 2 unspecified atom stereocenters. The minimum Gasteiger partial charge on any atom is -0.247 e. The zero-order chi connectivity index (χ0) is 17.1. The molecule has 2 aliphatic carbocycles. The molecule has 2 atom stereocenters. The lowest BCUT2D eigenvalue weighted by Crippen LogP contribution is -2.37. The first-order valence-electron chi connectivity index (χ1n) is 9.62. The molecule has 1 aromatic rings. The predicted octanol–water partition coefficient (Wildman–Crippen LogP) is 6.60. The molecule has 0 bridgehead atoms. The SMILES string of the molecule is CCCC1CCC(C2CC(F)C(c3ccc(F)cc3)C(F)C2)CC1. The van der Waals surface area contributed by atoms with E-state index in [0.29, 0.717) is 24.3 Å². The lowest BCUT2D eigenvalue weighted by molar-refractivity contribution is 0.0467. The Morgan fingerprint density at radius 3 is 2.00 bits per heavy atom. The van der Waals surface area contributed by atoms with Crippen molar-refractivity contribution >= 4 is 0 Å². The van der Waals surface area contributed by atoms with E-state index in [4.69, 9.17) is 0 Å². The van der Waals surface area contributed by atoms with Gasteiger partial charge in [-0.25, -0.2) is 13.2 Å². The number of halogens is 3. The van der Waals surface area contributed by atoms with Gasteiger partial charge in [-0.1, -0.05) is 44.7 Å². The highest BCUT2D eigenvalue weighted by molar-refractivity contribution is 5.24. The first-order valence-corrected chi connectivity index (χ1v) is 9.62. The lowest BCUT2D eigenvalue weighted by Gasteiger charge is -2.41. The van der Waals surface area contributed by atoms with E-state index in [1.54, 1.807) is 0 Å². The van der Waals surface area contributed by atoms with Crippen molar-refractivity contribution in [3.63, 3.8) is 0 Å². The van der Waals surface area contributed by atoms with Gasteiger partial charge < -0.3 is 0 Å². The average Bonchev–Trinajstić information content (AvgIpc) is 2.57. The Labute approximate surface area is 143 Å². The van der Waals surface area contributed by atoms with Crippen molar-refractivity contribution in [3.8, 4) is 0 Å². The highest BCUT2D eigenvalue weighted by Gasteiger charge is 2.42. The summed E-state index contributed by atoms with van der Waals surface area (Å²) in [6.07, 6.45) is 5.87. The molecule has 2 aliphatic rings. The highest BCUT2D eigenvalue weighted by Crippen LogP contribution is 2.46. The van der Waals surface area contributed by atoms with Crippen LogP contribution < -0.4 is 0 Å². The maximum Gasteiger partial charge on any atom is 0.123 e. The Balaban J connectivity index is 1.60. The van der Waals surface area contributed by atoms with Crippen LogP contribution in [0.1, 0.15) is 69.8 Å². The first-order chi connectivity index (χ1) is 11.6. The van der Waals surface area contributed by atoms with Crippen molar-refractivity contribution in [1.82, 2.24) is 0 Å². The van der Waals surface area contributed by atoms with Gasteiger partial charge in [0.1, 0.15) is 18.2 Å². The van der Waals surface area contributed by atoms with Crippen LogP contribution in [0.3, 0.4) is 0 Å². The molecule has 0 aromatic heterocycles. The van der Waals surface area contributed by atoms with Gasteiger partial charge in [-0.15, -0.1) is 0 Å². The monoisotopic (exact) mass is 338 g/mol. The Hall–Kier alpha value is -0.990. The van der Waals surface area contributed by atoms with E-state index in [1.165, 1.54) is 49.9 Å². The van der Waals surface area contributed by atoms with Crippen LogP contribution in [0.4, 0.5) is 13.2 Å². The third-order valence-corrected chi connectivity index (χ3v) is 6.35. The van der Waals surface area contributed by atoms with Gasteiger partial charge in [-0.05, 0) is 61.1 Å². The normalized spacial score (nSPS) is 37.3. The van der Waals surface area contributed by atoms with E-state index in [0.717, 1.165) is 18.8 Å². The second-order valence-corrected chi connectivity index (χ2v) is 7.91. The van der Waals surface area contributed by atoms with Gasteiger partial charge >= 0.3 is 0 Å². The van der Waals surface area contributed by atoms with Gasteiger partial charge in [0, 0.05) is 5.92 Å². The van der Waals surface area contributed by atoms with Crippen LogP contribution >= 0.6 is 0 Å². The van der Waals surface area contributed by atoms with Gasteiger partial charge in [0.25, 0.3) is 0 Å². The fourth-order valence-electron chi connectivity index (χ4n) is 5.04. The molecule has 24 heavy (non-hydrogen) atoms. The van der Waals surface area contributed by atoms with Crippen molar-refractivity contribution in [2.45, 2.75) is 76.6 Å². The molecule has 3 heteroatoms. The summed E-state index contributed by atoms with van der Waals surface area (Å²) in [6.45, 7) is 2.23. The summed E-state index contributed by atoms with van der Waals surface area (Å²) >= 11 is 0.